The van der Waals surface area contributed by atoms with Crippen molar-refractivity contribution >= 4 is 5.96 Å². The highest BCUT2D eigenvalue weighted by molar-refractivity contribution is 5.80. The van der Waals surface area contributed by atoms with Gasteiger partial charge in [-0.2, -0.15) is 0 Å². The molecule has 2 atom stereocenters. The Morgan fingerprint density at radius 1 is 1.07 bits per heavy atom. The number of nitrogens with zero attached hydrogens (tertiary/aromatic N) is 4. The molecule has 0 bridgehead atoms. The lowest BCUT2D eigenvalue weighted by molar-refractivity contribution is 0.0372. The molecule has 3 heterocycles. The molecule has 3 aliphatic rings. The van der Waals surface area contributed by atoms with Crippen LogP contribution in [0.15, 0.2) is 35.3 Å². The molecule has 0 amide bonds. The predicted octanol–water partition coefficient (Wildman–Crippen LogP) is 2.25. The summed E-state index contributed by atoms with van der Waals surface area (Å²) in [5, 5.41) is 3.61. The molecule has 5 nitrogen and oxygen atoms in total. The Balaban J connectivity index is 1.30. The van der Waals surface area contributed by atoms with Crippen LogP contribution < -0.4 is 5.32 Å². The molecule has 3 saturated heterocycles. The van der Waals surface area contributed by atoms with E-state index in [-0.39, 0.29) is 0 Å². The van der Waals surface area contributed by atoms with Gasteiger partial charge in [0.1, 0.15) is 0 Å². The number of aliphatic imine (C=N–C) groups is 1. The molecule has 1 N–H and O–H groups in total. The summed E-state index contributed by atoms with van der Waals surface area (Å²) in [7, 11) is 1.93. The van der Waals surface area contributed by atoms with E-state index >= 15 is 0 Å². The van der Waals surface area contributed by atoms with E-state index in [0.29, 0.717) is 0 Å². The van der Waals surface area contributed by atoms with Crippen molar-refractivity contribution in [3.05, 3.63) is 35.9 Å². The van der Waals surface area contributed by atoms with Crippen molar-refractivity contribution in [2.24, 2.45) is 10.9 Å². The molecule has 0 spiro atoms. The highest BCUT2D eigenvalue weighted by Crippen LogP contribution is 2.31. The maximum absolute atomic E-state index is 4.58. The molecule has 1 aromatic rings. The molecule has 3 aliphatic heterocycles. The van der Waals surface area contributed by atoms with Crippen LogP contribution in [0.2, 0.25) is 0 Å². The summed E-state index contributed by atoms with van der Waals surface area (Å²) in [6.07, 6.45) is 5.30. The monoisotopic (exact) mass is 369 g/mol. The number of likely N-dealkylation sites (tertiary alicyclic amines) is 3. The Hall–Kier alpha value is -1.59. The number of fused-ring (bicyclic) bond motifs is 1. The third kappa shape index (κ3) is 4.64. The van der Waals surface area contributed by atoms with E-state index in [1.54, 1.807) is 0 Å². The van der Waals surface area contributed by atoms with Gasteiger partial charge in [0.2, 0.25) is 0 Å². The molecule has 0 aliphatic carbocycles. The summed E-state index contributed by atoms with van der Waals surface area (Å²) >= 11 is 0. The summed E-state index contributed by atoms with van der Waals surface area (Å²) < 4.78 is 0. The first-order chi connectivity index (χ1) is 13.3. The standard InChI is InChI=1S/C22H35N5/c1-23-22(24-11-16-25-12-6-13-25)27-15-10-21-20(18-27)9-5-14-26(21)17-19-7-3-2-4-8-19/h2-4,7-8,20-21H,5-6,9-18H2,1H3,(H,23,24). The first kappa shape index (κ1) is 18.8. The molecule has 3 fully saturated rings. The summed E-state index contributed by atoms with van der Waals surface area (Å²) in [4.78, 5) is 12.3. The fourth-order valence-corrected chi connectivity index (χ4v) is 4.98. The lowest BCUT2D eigenvalue weighted by Crippen LogP contribution is -2.57. The van der Waals surface area contributed by atoms with Gasteiger partial charge in [-0.1, -0.05) is 30.3 Å². The van der Waals surface area contributed by atoms with Crippen LogP contribution in [0.25, 0.3) is 0 Å². The average molecular weight is 370 g/mol. The van der Waals surface area contributed by atoms with Crippen molar-refractivity contribution in [3.8, 4) is 0 Å². The smallest absolute Gasteiger partial charge is 0.193 e. The highest BCUT2D eigenvalue weighted by Gasteiger charge is 2.36. The largest absolute Gasteiger partial charge is 0.355 e. The SMILES string of the molecule is CN=C(NCCN1CCC1)N1CCC2C(CCCN2Cc2ccccc2)C1. The van der Waals surface area contributed by atoms with Gasteiger partial charge < -0.3 is 15.1 Å². The Kier molecular flexibility index (Phi) is 6.30. The first-order valence-corrected chi connectivity index (χ1v) is 10.8. The molecule has 4 rings (SSSR count). The van der Waals surface area contributed by atoms with Crippen LogP contribution in [-0.2, 0) is 6.54 Å². The Morgan fingerprint density at radius 2 is 1.93 bits per heavy atom. The normalized spacial score (nSPS) is 27.1. The third-order valence-electron chi connectivity index (χ3n) is 6.58. The van der Waals surface area contributed by atoms with Crippen LogP contribution >= 0.6 is 0 Å². The van der Waals surface area contributed by atoms with Gasteiger partial charge in [-0.15, -0.1) is 0 Å². The van der Waals surface area contributed by atoms with Crippen molar-refractivity contribution in [2.75, 3.05) is 52.9 Å². The molecule has 1 aromatic carbocycles. The maximum Gasteiger partial charge on any atom is 0.193 e. The van der Waals surface area contributed by atoms with E-state index in [4.69, 9.17) is 0 Å². The minimum Gasteiger partial charge on any atom is -0.355 e. The molecule has 0 saturated carbocycles. The van der Waals surface area contributed by atoms with Gasteiger partial charge in [-0.3, -0.25) is 9.89 Å². The number of hydrogen-bond donors (Lipinski definition) is 1. The van der Waals surface area contributed by atoms with Gasteiger partial charge in [0.25, 0.3) is 0 Å². The molecule has 2 unspecified atom stereocenters. The second-order valence-electron chi connectivity index (χ2n) is 8.33. The van der Waals surface area contributed by atoms with Crippen LogP contribution in [0.4, 0.5) is 0 Å². The summed E-state index contributed by atoms with van der Waals surface area (Å²) in [6.45, 7) is 9.32. The zero-order valence-corrected chi connectivity index (χ0v) is 16.8. The van der Waals surface area contributed by atoms with Crippen molar-refractivity contribution in [3.63, 3.8) is 0 Å². The van der Waals surface area contributed by atoms with E-state index < -0.39 is 0 Å². The Labute approximate surface area is 164 Å². The number of nitrogens with one attached hydrogen (secondary N) is 1. The molecule has 0 aromatic heterocycles. The fourth-order valence-electron chi connectivity index (χ4n) is 4.98. The van der Waals surface area contributed by atoms with Crippen LogP contribution in [-0.4, -0.2) is 79.6 Å². The van der Waals surface area contributed by atoms with E-state index in [2.05, 4.69) is 55.3 Å². The zero-order chi connectivity index (χ0) is 18.5. The van der Waals surface area contributed by atoms with Crippen LogP contribution in [0.1, 0.15) is 31.2 Å². The molecule has 5 heteroatoms. The lowest BCUT2D eigenvalue weighted by atomic mass is 9.83. The Bertz CT molecular complexity index is 612. The van der Waals surface area contributed by atoms with Crippen molar-refractivity contribution in [2.45, 2.75) is 38.3 Å². The quantitative estimate of drug-likeness (QED) is 0.638. The summed E-state index contributed by atoms with van der Waals surface area (Å²) in [5.41, 5.74) is 1.45. The fraction of sp³-hybridized carbons (Fsp3) is 0.682. The molecule has 27 heavy (non-hydrogen) atoms. The first-order valence-electron chi connectivity index (χ1n) is 10.8. The number of benzene rings is 1. The number of hydrogen-bond acceptors (Lipinski definition) is 3. The van der Waals surface area contributed by atoms with E-state index in [1.165, 1.54) is 50.9 Å². The second kappa shape index (κ2) is 9.07. The maximum atomic E-state index is 4.58. The lowest BCUT2D eigenvalue weighted by Gasteiger charge is -2.48. The van der Waals surface area contributed by atoms with Gasteiger partial charge in [-0.05, 0) is 56.8 Å². The topological polar surface area (TPSA) is 34.1 Å². The molecule has 148 valence electrons. The van der Waals surface area contributed by atoms with Gasteiger partial charge in [-0.25, -0.2) is 0 Å². The number of piperidine rings is 2. The van der Waals surface area contributed by atoms with Crippen molar-refractivity contribution < 1.29 is 0 Å². The van der Waals surface area contributed by atoms with Crippen LogP contribution in [0.3, 0.4) is 0 Å². The van der Waals surface area contributed by atoms with Crippen molar-refractivity contribution in [1.82, 2.24) is 20.0 Å². The van der Waals surface area contributed by atoms with Crippen LogP contribution in [0.5, 0.6) is 0 Å². The van der Waals surface area contributed by atoms with E-state index in [0.717, 1.165) is 50.6 Å². The zero-order valence-electron chi connectivity index (χ0n) is 16.8. The van der Waals surface area contributed by atoms with Gasteiger partial charge in [0.15, 0.2) is 5.96 Å². The number of rotatable bonds is 5. The van der Waals surface area contributed by atoms with E-state index in [9.17, 15) is 0 Å². The van der Waals surface area contributed by atoms with Crippen molar-refractivity contribution in [1.29, 1.82) is 0 Å². The predicted molar refractivity (Wildman–Crippen MR) is 112 cm³/mol. The molecule has 0 radical (unpaired) electrons. The summed E-state index contributed by atoms with van der Waals surface area (Å²) in [6, 6.07) is 11.7. The Morgan fingerprint density at radius 3 is 2.67 bits per heavy atom. The number of guanidine groups is 1. The third-order valence-corrected chi connectivity index (χ3v) is 6.58. The van der Waals surface area contributed by atoms with Gasteiger partial charge >= 0.3 is 0 Å². The molecular weight excluding hydrogens is 334 g/mol. The van der Waals surface area contributed by atoms with E-state index in [1.807, 2.05) is 7.05 Å². The molecular formula is C22H35N5. The van der Waals surface area contributed by atoms with Crippen LogP contribution in [0, 0.1) is 5.92 Å². The summed E-state index contributed by atoms with van der Waals surface area (Å²) in [5.74, 6) is 1.87. The highest BCUT2D eigenvalue weighted by atomic mass is 15.3. The van der Waals surface area contributed by atoms with Gasteiger partial charge in [0.05, 0.1) is 0 Å². The minimum atomic E-state index is 0.731. The van der Waals surface area contributed by atoms with Gasteiger partial charge in [0, 0.05) is 45.8 Å². The minimum absolute atomic E-state index is 0.731. The average Bonchev–Trinajstić information content (AvgIpc) is 2.67. The second-order valence-corrected chi connectivity index (χ2v) is 8.33.